The van der Waals surface area contributed by atoms with Crippen molar-refractivity contribution < 1.29 is 13.9 Å². The highest BCUT2D eigenvalue weighted by atomic mass is 19.1. The Kier molecular flexibility index (Phi) is 4.28. The van der Waals surface area contributed by atoms with Crippen LogP contribution in [0.2, 0.25) is 0 Å². The third kappa shape index (κ3) is 3.27. The zero-order valence-electron chi connectivity index (χ0n) is 10.1. The summed E-state index contributed by atoms with van der Waals surface area (Å²) in [4.78, 5) is 11.8. The first-order valence-electron chi connectivity index (χ1n) is 6.06. The number of halogens is 1. The maximum Gasteiger partial charge on any atom is 0.313 e. The molecule has 1 aliphatic heterocycles. The molecule has 2 unspecified atom stereocenters. The molecule has 1 aromatic rings. The molecule has 1 fully saturated rings. The minimum Gasteiger partial charge on any atom is -0.426 e. The third-order valence-corrected chi connectivity index (χ3v) is 3.07. The number of carbonyl (C=O) groups excluding carboxylic acids is 1. The average Bonchev–Trinajstić information content (AvgIpc) is 2.39. The van der Waals surface area contributed by atoms with Crippen molar-refractivity contribution in [1.29, 1.82) is 0 Å². The number of rotatable bonds is 3. The molecule has 0 saturated carbocycles. The lowest BCUT2D eigenvalue weighted by Gasteiger charge is -2.28. The maximum absolute atomic E-state index is 13.7. The number of benzene rings is 1. The number of esters is 1. The lowest BCUT2D eigenvalue weighted by molar-refractivity contribution is -0.165. The summed E-state index contributed by atoms with van der Waals surface area (Å²) >= 11 is 0. The number of hydrazine groups is 1. The largest absolute Gasteiger partial charge is 0.426 e. The second-order valence-electron chi connectivity index (χ2n) is 4.50. The van der Waals surface area contributed by atoms with Crippen LogP contribution in [0.1, 0.15) is 24.8 Å². The van der Waals surface area contributed by atoms with Crippen molar-refractivity contribution in [3.05, 3.63) is 35.9 Å². The van der Waals surface area contributed by atoms with E-state index in [1.165, 1.54) is 0 Å². The molecule has 1 saturated heterocycles. The summed E-state index contributed by atoms with van der Waals surface area (Å²) in [6.07, 6.45) is -0.168. The van der Waals surface area contributed by atoms with Gasteiger partial charge >= 0.3 is 5.97 Å². The molecule has 5 heteroatoms. The van der Waals surface area contributed by atoms with Crippen LogP contribution in [0.25, 0.3) is 0 Å². The normalized spacial score (nSPS) is 22.4. The number of nitrogens with zero attached hydrogens (tertiary/aromatic N) is 1. The van der Waals surface area contributed by atoms with Gasteiger partial charge in [-0.15, -0.1) is 0 Å². The molecule has 2 rings (SSSR count). The van der Waals surface area contributed by atoms with Crippen LogP contribution in [0, 0.1) is 5.92 Å². The van der Waals surface area contributed by atoms with E-state index in [2.05, 4.69) is 0 Å². The van der Waals surface area contributed by atoms with Gasteiger partial charge in [0.1, 0.15) is 0 Å². The Balaban J connectivity index is 1.91. The highest BCUT2D eigenvalue weighted by Gasteiger charge is 2.28. The van der Waals surface area contributed by atoms with Crippen LogP contribution >= 0.6 is 0 Å². The van der Waals surface area contributed by atoms with Gasteiger partial charge in [-0.25, -0.2) is 5.01 Å². The van der Waals surface area contributed by atoms with Crippen LogP contribution in [0.5, 0.6) is 0 Å². The number of alkyl halides is 1. The molecule has 1 aliphatic rings. The summed E-state index contributed by atoms with van der Waals surface area (Å²) in [6, 6.07) is 8.38. The van der Waals surface area contributed by atoms with Gasteiger partial charge in [-0.05, 0) is 12.8 Å². The fourth-order valence-electron chi connectivity index (χ4n) is 2.07. The van der Waals surface area contributed by atoms with E-state index in [4.69, 9.17) is 10.6 Å². The molecule has 0 aliphatic carbocycles. The Hall–Kier alpha value is -1.46. The molecule has 4 nitrogen and oxygen atoms in total. The first-order valence-corrected chi connectivity index (χ1v) is 6.06. The molecule has 18 heavy (non-hydrogen) atoms. The topological polar surface area (TPSA) is 55.6 Å². The van der Waals surface area contributed by atoms with Crippen molar-refractivity contribution in [3.63, 3.8) is 0 Å². The van der Waals surface area contributed by atoms with Crippen molar-refractivity contribution in [3.8, 4) is 0 Å². The second-order valence-corrected chi connectivity index (χ2v) is 4.50. The molecule has 98 valence electrons. The summed E-state index contributed by atoms with van der Waals surface area (Å²) in [6.45, 7) is 1.20. The Morgan fingerprint density at radius 3 is 2.83 bits per heavy atom. The smallest absolute Gasteiger partial charge is 0.313 e. The first-order chi connectivity index (χ1) is 8.66. The quantitative estimate of drug-likeness (QED) is 0.658. The third-order valence-electron chi connectivity index (χ3n) is 3.07. The number of nitrogens with two attached hydrogens (primary N) is 1. The standard InChI is InChI=1S/C13H17FN2O2/c14-12(10-5-2-1-3-6-10)18-13(17)11-7-4-8-16(15)9-11/h1-3,5-6,11-12H,4,7-9,15H2. The molecule has 0 spiro atoms. The molecular formula is C13H17FN2O2. The fraction of sp³-hybridized carbons (Fsp3) is 0.462. The van der Waals surface area contributed by atoms with Crippen molar-refractivity contribution >= 4 is 5.97 Å². The highest BCUT2D eigenvalue weighted by molar-refractivity contribution is 5.73. The summed E-state index contributed by atoms with van der Waals surface area (Å²) in [5.41, 5.74) is 0.353. The minimum absolute atomic E-state index is 0.328. The van der Waals surface area contributed by atoms with E-state index in [9.17, 15) is 9.18 Å². The summed E-state index contributed by atoms with van der Waals surface area (Å²) in [5, 5.41) is 1.57. The summed E-state index contributed by atoms with van der Waals surface area (Å²) in [5.74, 6) is 4.80. The Morgan fingerprint density at radius 2 is 2.17 bits per heavy atom. The summed E-state index contributed by atoms with van der Waals surface area (Å²) in [7, 11) is 0. The van der Waals surface area contributed by atoms with Gasteiger partial charge in [0, 0.05) is 18.7 Å². The van der Waals surface area contributed by atoms with Crippen LogP contribution in [-0.2, 0) is 9.53 Å². The van der Waals surface area contributed by atoms with Crippen molar-refractivity contribution in [2.24, 2.45) is 11.8 Å². The number of hydrogen-bond acceptors (Lipinski definition) is 4. The SMILES string of the molecule is NN1CCCC(C(=O)OC(F)c2ccccc2)C1. The van der Waals surface area contributed by atoms with Gasteiger partial charge in [-0.3, -0.25) is 10.6 Å². The zero-order chi connectivity index (χ0) is 13.0. The maximum atomic E-state index is 13.7. The molecule has 1 heterocycles. The minimum atomic E-state index is -1.70. The summed E-state index contributed by atoms with van der Waals surface area (Å²) < 4.78 is 18.6. The monoisotopic (exact) mass is 252 g/mol. The molecule has 1 aromatic carbocycles. The van der Waals surface area contributed by atoms with Crippen LogP contribution in [0.3, 0.4) is 0 Å². The van der Waals surface area contributed by atoms with Crippen molar-refractivity contribution in [2.45, 2.75) is 19.2 Å². The molecule has 2 atom stereocenters. The number of ether oxygens (including phenoxy) is 1. The van der Waals surface area contributed by atoms with Gasteiger partial charge in [0.05, 0.1) is 5.92 Å². The van der Waals surface area contributed by atoms with Gasteiger partial charge < -0.3 is 4.74 Å². The van der Waals surface area contributed by atoms with E-state index >= 15 is 0 Å². The second kappa shape index (κ2) is 5.93. The molecule has 0 aromatic heterocycles. The predicted octanol–water partition coefficient (Wildman–Crippen LogP) is 1.78. The predicted molar refractivity (Wildman–Crippen MR) is 64.9 cm³/mol. The van der Waals surface area contributed by atoms with Crippen LogP contribution < -0.4 is 5.84 Å². The Bertz CT molecular complexity index is 399. The lowest BCUT2D eigenvalue weighted by atomic mass is 9.99. The first kappa shape index (κ1) is 13.0. The van der Waals surface area contributed by atoms with E-state index in [0.717, 1.165) is 13.0 Å². The van der Waals surface area contributed by atoms with E-state index in [0.29, 0.717) is 18.5 Å². The van der Waals surface area contributed by atoms with Gasteiger partial charge in [-0.2, -0.15) is 4.39 Å². The average molecular weight is 252 g/mol. The zero-order valence-corrected chi connectivity index (χ0v) is 10.1. The molecule has 0 amide bonds. The van der Waals surface area contributed by atoms with Gasteiger partial charge in [-0.1, -0.05) is 30.3 Å². The highest BCUT2D eigenvalue weighted by Crippen LogP contribution is 2.23. The fourth-order valence-corrected chi connectivity index (χ4v) is 2.07. The Morgan fingerprint density at radius 1 is 1.44 bits per heavy atom. The van der Waals surface area contributed by atoms with Crippen molar-refractivity contribution in [1.82, 2.24) is 5.01 Å². The Labute approximate surface area is 105 Å². The van der Waals surface area contributed by atoms with Crippen LogP contribution in [0.4, 0.5) is 4.39 Å². The molecule has 0 radical (unpaired) electrons. The number of carbonyl (C=O) groups is 1. The lowest BCUT2D eigenvalue weighted by Crippen LogP contribution is -2.43. The van der Waals surface area contributed by atoms with E-state index in [1.54, 1.807) is 35.3 Å². The van der Waals surface area contributed by atoms with E-state index in [1.807, 2.05) is 0 Å². The molecular weight excluding hydrogens is 235 g/mol. The van der Waals surface area contributed by atoms with Crippen LogP contribution in [-0.4, -0.2) is 24.1 Å². The van der Waals surface area contributed by atoms with Gasteiger partial charge in [0.25, 0.3) is 6.36 Å². The number of piperidine rings is 1. The molecule has 2 N–H and O–H groups in total. The van der Waals surface area contributed by atoms with Crippen LogP contribution in [0.15, 0.2) is 30.3 Å². The van der Waals surface area contributed by atoms with E-state index < -0.39 is 12.3 Å². The van der Waals surface area contributed by atoms with Gasteiger partial charge in [0.15, 0.2) is 0 Å². The van der Waals surface area contributed by atoms with E-state index in [-0.39, 0.29) is 5.92 Å². The van der Waals surface area contributed by atoms with Crippen molar-refractivity contribution in [2.75, 3.05) is 13.1 Å². The van der Waals surface area contributed by atoms with Gasteiger partial charge in [0.2, 0.25) is 0 Å². The molecule has 0 bridgehead atoms. The number of hydrogen-bond donors (Lipinski definition) is 1.